The fourth-order valence-corrected chi connectivity index (χ4v) is 4.27. The lowest BCUT2D eigenvalue weighted by molar-refractivity contribution is -0.116. The molecule has 2 aromatic heterocycles. The van der Waals surface area contributed by atoms with E-state index in [-0.39, 0.29) is 22.6 Å². The highest BCUT2D eigenvalue weighted by molar-refractivity contribution is 8.01. The first-order valence-corrected chi connectivity index (χ1v) is 9.59. The average molecular weight is 368 g/mol. The van der Waals surface area contributed by atoms with Gasteiger partial charge in [0.25, 0.3) is 0 Å². The van der Waals surface area contributed by atoms with Crippen molar-refractivity contribution in [1.29, 1.82) is 0 Å². The lowest BCUT2D eigenvalue weighted by Crippen LogP contribution is -2.30. The van der Waals surface area contributed by atoms with Crippen molar-refractivity contribution < 1.29 is 9.32 Å². The number of anilines is 1. The number of amides is 1. The molecule has 0 unspecified atom stereocenters. The summed E-state index contributed by atoms with van der Waals surface area (Å²) in [5, 5.41) is 13.1. The largest absolute Gasteiger partial charge is 0.338 e. The minimum Gasteiger partial charge on any atom is -0.338 e. The van der Waals surface area contributed by atoms with Crippen LogP contribution < -0.4 is 4.90 Å². The molecule has 1 aliphatic carbocycles. The normalized spacial score (nSPS) is 16.2. The number of hydrogen-bond acceptors (Lipinski definition) is 8. The Morgan fingerprint density at radius 2 is 2.08 bits per heavy atom. The highest BCUT2D eigenvalue weighted by Gasteiger charge is 2.34. The summed E-state index contributed by atoms with van der Waals surface area (Å²) in [7, 11) is 0. The summed E-state index contributed by atoms with van der Waals surface area (Å²) < 4.78 is 6.17. The zero-order chi connectivity index (χ0) is 17.5. The number of nitrogens with zero attached hydrogens (tertiary/aromatic N) is 5. The second kappa shape index (κ2) is 6.44. The van der Waals surface area contributed by atoms with E-state index in [1.165, 1.54) is 23.1 Å². The van der Waals surface area contributed by atoms with Crippen LogP contribution in [-0.4, -0.2) is 32.3 Å². The summed E-state index contributed by atoms with van der Waals surface area (Å²) in [5.74, 6) is 1.29. The zero-order valence-corrected chi connectivity index (χ0v) is 16.1. The zero-order valence-electron chi connectivity index (χ0n) is 14.4. The number of hydrogen-bond donors (Lipinski definition) is 0. The molecule has 2 aromatic rings. The van der Waals surface area contributed by atoms with Gasteiger partial charge in [-0.15, -0.1) is 10.2 Å². The van der Waals surface area contributed by atoms with Crippen LogP contribution in [0.2, 0.25) is 0 Å². The van der Waals surface area contributed by atoms with E-state index in [9.17, 15) is 4.79 Å². The predicted molar refractivity (Wildman–Crippen MR) is 93.4 cm³/mol. The molecule has 7 nitrogen and oxygen atoms in total. The van der Waals surface area contributed by atoms with Crippen LogP contribution in [0.25, 0.3) is 0 Å². The predicted octanol–water partition coefficient (Wildman–Crippen LogP) is 3.59. The van der Waals surface area contributed by atoms with Crippen LogP contribution in [0, 0.1) is 0 Å². The van der Waals surface area contributed by atoms with E-state index in [1.807, 2.05) is 27.7 Å². The van der Waals surface area contributed by atoms with Crippen molar-refractivity contribution in [2.24, 2.45) is 0 Å². The minimum atomic E-state index is -0.145. The molecule has 1 fully saturated rings. The van der Waals surface area contributed by atoms with Crippen molar-refractivity contribution in [2.45, 2.75) is 68.5 Å². The summed E-state index contributed by atoms with van der Waals surface area (Å²) in [5.41, 5.74) is -0.145. The molecule has 0 aliphatic heterocycles. The molecular weight excluding hydrogens is 346 g/mol. The van der Waals surface area contributed by atoms with Gasteiger partial charge in [0.15, 0.2) is 10.2 Å². The molecule has 0 aromatic carbocycles. The third-order valence-corrected chi connectivity index (χ3v) is 5.69. The van der Waals surface area contributed by atoms with Crippen molar-refractivity contribution in [1.82, 2.24) is 20.3 Å². The Morgan fingerprint density at radius 1 is 1.38 bits per heavy atom. The maximum Gasteiger partial charge on any atom is 0.239 e. The Labute approximate surface area is 149 Å². The Morgan fingerprint density at radius 3 is 2.62 bits per heavy atom. The Hall–Kier alpha value is -1.48. The standard InChI is InChI=1S/C15H21N5O2S2/c1-8(11-16-12(19-22-11)15(3,4)5)23-14-18-17-13(24-14)20(9(2)21)10-6-7-10/h8,10H,6-7H2,1-5H3/t8-/m1/s1. The first-order valence-electron chi connectivity index (χ1n) is 7.89. The first-order chi connectivity index (χ1) is 11.3. The second-order valence-electron chi connectivity index (χ2n) is 6.94. The third-order valence-electron chi connectivity index (χ3n) is 3.59. The Balaban J connectivity index is 1.70. The maximum absolute atomic E-state index is 11.8. The highest BCUT2D eigenvalue weighted by Crippen LogP contribution is 2.40. The number of rotatable bonds is 5. The van der Waals surface area contributed by atoms with Gasteiger partial charge in [-0.3, -0.25) is 9.69 Å². The Kier molecular flexibility index (Phi) is 4.65. The monoisotopic (exact) mass is 367 g/mol. The van der Waals surface area contributed by atoms with Crippen molar-refractivity contribution in [3.8, 4) is 0 Å². The molecule has 0 bridgehead atoms. The molecule has 1 amide bonds. The van der Waals surface area contributed by atoms with E-state index in [4.69, 9.17) is 4.52 Å². The van der Waals surface area contributed by atoms with Crippen LogP contribution in [0.1, 0.15) is 64.4 Å². The minimum absolute atomic E-state index is 0.0185. The fraction of sp³-hybridized carbons (Fsp3) is 0.667. The van der Waals surface area contributed by atoms with Crippen LogP contribution in [-0.2, 0) is 10.2 Å². The summed E-state index contributed by atoms with van der Waals surface area (Å²) >= 11 is 2.94. The van der Waals surface area contributed by atoms with Crippen LogP contribution in [0.3, 0.4) is 0 Å². The highest BCUT2D eigenvalue weighted by atomic mass is 32.2. The SMILES string of the molecule is CC(=O)N(c1nnc(S[C@H](C)c2nc(C(C)(C)C)no2)s1)C1CC1. The van der Waals surface area contributed by atoms with E-state index < -0.39 is 0 Å². The summed E-state index contributed by atoms with van der Waals surface area (Å²) in [6.45, 7) is 9.71. The van der Waals surface area contributed by atoms with Crippen LogP contribution in [0.4, 0.5) is 5.13 Å². The van der Waals surface area contributed by atoms with Gasteiger partial charge >= 0.3 is 0 Å². The van der Waals surface area contributed by atoms with Gasteiger partial charge in [0.2, 0.25) is 16.9 Å². The van der Waals surface area contributed by atoms with E-state index in [2.05, 4.69) is 20.3 Å². The van der Waals surface area contributed by atoms with Gasteiger partial charge < -0.3 is 4.52 Å². The molecule has 24 heavy (non-hydrogen) atoms. The molecule has 0 saturated heterocycles. The van der Waals surface area contributed by atoms with E-state index >= 15 is 0 Å². The van der Waals surface area contributed by atoms with Crippen LogP contribution in [0.15, 0.2) is 8.86 Å². The molecular formula is C15H21N5O2S2. The quantitative estimate of drug-likeness (QED) is 0.589. The number of carbonyl (C=O) groups excluding carboxylic acids is 1. The van der Waals surface area contributed by atoms with Gasteiger partial charge in [-0.2, -0.15) is 4.98 Å². The second-order valence-corrected chi connectivity index (χ2v) is 9.48. The van der Waals surface area contributed by atoms with E-state index in [0.717, 1.165) is 17.2 Å². The van der Waals surface area contributed by atoms with Crippen LogP contribution >= 0.6 is 23.1 Å². The van der Waals surface area contributed by atoms with Crippen molar-refractivity contribution in [3.05, 3.63) is 11.7 Å². The lowest BCUT2D eigenvalue weighted by Gasteiger charge is -2.15. The van der Waals surface area contributed by atoms with Crippen molar-refractivity contribution >= 4 is 34.1 Å². The number of aromatic nitrogens is 4. The first kappa shape index (κ1) is 17.3. The van der Waals surface area contributed by atoms with Crippen molar-refractivity contribution in [2.75, 3.05) is 4.90 Å². The van der Waals surface area contributed by atoms with E-state index in [1.54, 1.807) is 11.8 Å². The molecule has 0 N–H and O–H groups in total. The number of carbonyl (C=O) groups is 1. The number of thioether (sulfide) groups is 1. The summed E-state index contributed by atoms with van der Waals surface area (Å²) in [4.78, 5) is 18.0. The fourth-order valence-electron chi connectivity index (χ4n) is 2.13. The van der Waals surface area contributed by atoms with Gasteiger partial charge in [0, 0.05) is 18.4 Å². The summed E-state index contributed by atoms with van der Waals surface area (Å²) in [6, 6.07) is 0.288. The molecule has 2 heterocycles. The van der Waals surface area contributed by atoms with Gasteiger partial charge in [-0.05, 0) is 19.8 Å². The average Bonchev–Trinajstić information content (AvgIpc) is 3.00. The molecule has 0 radical (unpaired) electrons. The van der Waals surface area contributed by atoms with Crippen molar-refractivity contribution in [3.63, 3.8) is 0 Å². The lowest BCUT2D eigenvalue weighted by atomic mass is 9.96. The molecule has 130 valence electrons. The summed E-state index contributed by atoms with van der Waals surface area (Å²) in [6.07, 6.45) is 2.07. The topological polar surface area (TPSA) is 85.0 Å². The van der Waals surface area contributed by atoms with Gasteiger partial charge in [0.05, 0.1) is 5.25 Å². The van der Waals surface area contributed by atoms with Gasteiger partial charge in [-0.25, -0.2) is 0 Å². The van der Waals surface area contributed by atoms with Gasteiger partial charge in [-0.1, -0.05) is 49.0 Å². The smallest absolute Gasteiger partial charge is 0.239 e. The maximum atomic E-state index is 11.8. The molecule has 1 aliphatic rings. The third kappa shape index (κ3) is 3.77. The van der Waals surface area contributed by atoms with Crippen LogP contribution in [0.5, 0.6) is 0 Å². The van der Waals surface area contributed by atoms with E-state index in [0.29, 0.717) is 16.8 Å². The molecule has 9 heteroatoms. The van der Waals surface area contributed by atoms with Gasteiger partial charge in [0.1, 0.15) is 0 Å². The molecule has 1 saturated carbocycles. The Bertz CT molecular complexity index is 732. The molecule has 3 rings (SSSR count). The molecule has 1 atom stereocenters. The molecule has 0 spiro atoms.